The van der Waals surface area contributed by atoms with Crippen LogP contribution in [0.2, 0.25) is 0 Å². The van der Waals surface area contributed by atoms with Gasteiger partial charge in [-0.1, -0.05) is 12.1 Å². The Bertz CT molecular complexity index is 844. The highest BCUT2D eigenvalue weighted by molar-refractivity contribution is 5.56. The second-order valence-corrected chi connectivity index (χ2v) is 8.27. The fourth-order valence-corrected chi connectivity index (χ4v) is 4.29. The number of hydrogen-bond acceptors (Lipinski definition) is 4. The molecule has 1 aliphatic heterocycles. The molecule has 4 heteroatoms. The minimum absolute atomic E-state index is 0.228. The molecule has 1 aliphatic carbocycles. The Morgan fingerprint density at radius 2 is 1.72 bits per heavy atom. The second-order valence-electron chi connectivity index (χ2n) is 8.27. The summed E-state index contributed by atoms with van der Waals surface area (Å²) in [6.07, 6.45) is 6.42. The molecule has 1 saturated carbocycles. The van der Waals surface area contributed by atoms with Crippen molar-refractivity contribution in [1.29, 1.82) is 5.26 Å². The highest BCUT2D eigenvalue weighted by atomic mass is 16.5. The van der Waals surface area contributed by atoms with Gasteiger partial charge in [0.1, 0.15) is 5.75 Å². The van der Waals surface area contributed by atoms with Gasteiger partial charge in [-0.15, -0.1) is 0 Å². The molecular weight excluding hydrogens is 360 g/mol. The number of nitrogens with zero attached hydrogens (tertiary/aromatic N) is 2. The molecule has 1 saturated heterocycles. The number of anilines is 1. The zero-order valence-corrected chi connectivity index (χ0v) is 17.0. The van der Waals surface area contributed by atoms with Gasteiger partial charge in [-0.05, 0) is 91.8 Å². The van der Waals surface area contributed by atoms with E-state index in [0.29, 0.717) is 18.4 Å². The molecule has 0 atom stereocenters. The number of benzene rings is 2. The first-order valence-corrected chi connectivity index (χ1v) is 10.9. The third-order valence-corrected chi connectivity index (χ3v) is 6.21. The summed E-state index contributed by atoms with van der Waals surface area (Å²) in [6.45, 7) is 3.00. The van der Waals surface area contributed by atoms with E-state index >= 15 is 0 Å². The molecule has 2 fully saturated rings. The first-order chi connectivity index (χ1) is 14.3. The maximum Gasteiger partial charge on any atom is 0.119 e. The summed E-state index contributed by atoms with van der Waals surface area (Å²) >= 11 is 0. The fraction of sp³-hybridized carbons (Fsp3) is 0.480. The van der Waals surface area contributed by atoms with Gasteiger partial charge < -0.3 is 14.7 Å². The Morgan fingerprint density at radius 1 is 0.966 bits per heavy atom. The number of aliphatic hydroxyl groups is 1. The molecule has 2 aromatic rings. The van der Waals surface area contributed by atoms with Gasteiger partial charge >= 0.3 is 0 Å². The SMILES string of the molecule is N#Cc1ccc(N2CCC(c3ccc(OCCCCO)cc3)CC2)cc1C1CC1. The molecule has 0 amide bonds. The smallest absolute Gasteiger partial charge is 0.119 e. The lowest BCUT2D eigenvalue weighted by molar-refractivity contribution is 0.253. The van der Waals surface area contributed by atoms with Gasteiger partial charge in [0.05, 0.1) is 18.2 Å². The van der Waals surface area contributed by atoms with Crippen LogP contribution in [0.1, 0.15) is 67.1 Å². The van der Waals surface area contributed by atoms with Crippen LogP contribution in [-0.4, -0.2) is 31.4 Å². The zero-order chi connectivity index (χ0) is 20.1. The summed E-state index contributed by atoms with van der Waals surface area (Å²) in [7, 11) is 0. The van der Waals surface area contributed by atoms with E-state index in [1.165, 1.54) is 29.7 Å². The second kappa shape index (κ2) is 9.33. The molecule has 0 bridgehead atoms. The van der Waals surface area contributed by atoms with Gasteiger partial charge in [0.2, 0.25) is 0 Å². The van der Waals surface area contributed by atoms with Crippen molar-refractivity contribution in [2.24, 2.45) is 0 Å². The van der Waals surface area contributed by atoms with Crippen molar-refractivity contribution in [2.45, 2.75) is 50.4 Å². The van der Waals surface area contributed by atoms with Crippen LogP contribution in [0.25, 0.3) is 0 Å². The summed E-state index contributed by atoms with van der Waals surface area (Å²) < 4.78 is 5.74. The summed E-state index contributed by atoms with van der Waals surface area (Å²) in [6, 6.07) is 17.3. The number of hydrogen-bond donors (Lipinski definition) is 1. The van der Waals surface area contributed by atoms with Gasteiger partial charge in [-0.2, -0.15) is 5.26 Å². The summed E-state index contributed by atoms with van der Waals surface area (Å²) in [4.78, 5) is 2.47. The van der Waals surface area contributed by atoms with E-state index in [0.717, 1.165) is 50.1 Å². The van der Waals surface area contributed by atoms with Crippen LogP contribution in [0.15, 0.2) is 42.5 Å². The lowest BCUT2D eigenvalue weighted by Gasteiger charge is -2.34. The van der Waals surface area contributed by atoms with Crippen molar-refractivity contribution < 1.29 is 9.84 Å². The maximum atomic E-state index is 9.37. The maximum absolute atomic E-state index is 9.37. The van der Waals surface area contributed by atoms with Crippen LogP contribution in [0.3, 0.4) is 0 Å². The summed E-state index contributed by atoms with van der Waals surface area (Å²) in [5.41, 5.74) is 4.77. The van der Waals surface area contributed by atoms with E-state index in [4.69, 9.17) is 9.84 Å². The molecule has 29 heavy (non-hydrogen) atoms. The summed E-state index contributed by atoms with van der Waals surface area (Å²) in [5.74, 6) is 2.11. The lowest BCUT2D eigenvalue weighted by atomic mass is 9.89. The van der Waals surface area contributed by atoms with Crippen LogP contribution >= 0.6 is 0 Å². The van der Waals surface area contributed by atoms with E-state index in [-0.39, 0.29) is 6.61 Å². The van der Waals surface area contributed by atoms with Crippen molar-refractivity contribution in [2.75, 3.05) is 31.2 Å². The Hall–Kier alpha value is -2.51. The Balaban J connectivity index is 1.32. The Morgan fingerprint density at radius 3 is 2.38 bits per heavy atom. The number of ether oxygens (including phenoxy) is 1. The van der Waals surface area contributed by atoms with Crippen molar-refractivity contribution in [3.05, 3.63) is 59.2 Å². The van der Waals surface area contributed by atoms with Crippen LogP contribution < -0.4 is 9.64 Å². The van der Waals surface area contributed by atoms with Gasteiger partial charge in [0, 0.05) is 25.4 Å². The predicted octanol–water partition coefficient (Wildman–Crippen LogP) is 4.97. The van der Waals surface area contributed by atoms with Crippen molar-refractivity contribution >= 4 is 5.69 Å². The fourth-order valence-electron chi connectivity index (χ4n) is 4.29. The molecule has 2 aliphatic rings. The minimum Gasteiger partial charge on any atom is -0.494 e. The Kier molecular flexibility index (Phi) is 6.36. The van der Waals surface area contributed by atoms with Gasteiger partial charge in [0.25, 0.3) is 0 Å². The average Bonchev–Trinajstić information content (AvgIpc) is 3.62. The third-order valence-electron chi connectivity index (χ3n) is 6.21. The van der Waals surface area contributed by atoms with E-state index < -0.39 is 0 Å². The molecular formula is C25H30N2O2. The Labute approximate surface area is 173 Å². The molecule has 4 nitrogen and oxygen atoms in total. The van der Waals surface area contributed by atoms with E-state index in [2.05, 4.69) is 47.4 Å². The van der Waals surface area contributed by atoms with Crippen LogP contribution in [0, 0.1) is 11.3 Å². The number of piperidine rings is 1. The summed E-state index contributed by atoms with van der Waals surface area (Å²) in [5, 5.41) is 18.2. The molecule has 1 N–H and O–H groups in total. The van der Waals surface area contributed by atoms with Crippen LogP contribution in [0.4, 0.5) is 5.69 Å². The van der Waals surface area contributed by atoms with E-state index in [1.54, 1.807) is 0 Å². The van der Waals surface area contributed by atoms with Crippen molar-refractivity contribution in [1.82, 2.24) is 0 Å². The lowest BCUT2D eigenvalue weighted by Crippen LogP contribution is -2.32. The van der Waals surface area contributed by atoms with Crippen molar-refractivity contribution in [3.63, 3.8) is 0 Å². The highest BCUT2D eigenvalue weighted by Gasteiger charge is 2.28. The predicted molar refractivity (Wildman–Crippen MR) is 116 cm³/mol. The monoisotopic (exact) mass is 390 g/mol. The third kappa shape index (κ3) is 4.92. The molecule has 4 rings (SSSR count). The van der Waals surface area contributed by atoms with Crippen molar-refractivity contribution in [3.8, 4) is 11.8 Å². The quantitative estimate of drug-likeness (QED) is 0.647. The van der Waals surface area contributed by atoms with Crippen LogP contribution in [-0.2, 0) is 0 Å². The van der Waals surface area contributed by atoms with Gasteiger partial charge in [-0.3, -0.25) is 0 Å². The molecule has 1 heterocycles. The topological polar surface area (TPSA) is 56.5 Å². The number of rotatable bonds is 8. The zero-order valence-electron chi connectivity index (χ0n) is 17.0. The molecule has 0 spiro atoms. The molecule has 0 aromatic heterocycles. The average molecular weight is 391 g/mol. The van der Waals surface area contributed by atoms with Gasteiger partial charge in [-0.25, -0.2) is 0 Å². The van der Waals surface area contributed by atoms with E-state index in [9.17, 15) is 5.26 Å². The van der Waals surface area contributed by atoms with Gasteiger partial charge in [0.15, 0.2) is 0 Å². The first-order valence-electron chi connectivity index (χ1n) is 10.9. The number of aliphatic hydroxyl groups excluding tert-OH is 1. The first kappa shape index (κ1) is 19.8. The molecule has 2 aromatic carbocycles. The number of unbranched alkanes of at least 4 members (excludes halogenated alkanes) is 1. The molecule has 0 radical (unpaired) electrons. The largest absolute Gasteiger partial charge is 0.494 e. The standard InChI is InChI=1S/C25H30N2O2/c26-18-22-5-8-23(17-25(22)21-3-4-21)27-13-11-20(12-14-27)19-6-9-24(10-7-19)29-16-2-1-15-28/h5-10,17,20-21,28H,1-4,11-16H2. The molecule has 0 unspecified atom stereocenters. The van der Waals surface area contributed by atoms with Crippen LogP contribution in [0.5, 0.6) is 5.75 Å². The van der Waals surface area contributed by atoms with E-state index in [1.807, 2.05) is 6.07 Å². The normalized spacial score (nSPS) is 17.2. The number of nitriles is 1. The minimum atomic E-state index is 0.228. The molecule has 152 valence electrons. The highest BCUT2D eigenvalue weighted by Crippen LogP contribution is 2.43.